The Morgan fingerprint density at radius 1 is 0.380 bits per heavy atom. The van der Waals surface area contributed by atoms with E-state index in [9.17, 15) is 0 Å². The van der Waals surface area contributed by atoms with E-state index >= 15 is 0 Å². The van der Waals surface area contributed by atoms with E-state index < -0.39 is 0 Å². The standard InChI is InChI=1S/C46H29N3O/c1-4-13-30(14-5-1)33-23-25-42-37(27-33)35-19-10-11-21-41(35)49(42)43-22-12-20-36-38-28-34(24-26-44(38)50-45(36)43)46-47-39(31-15-6-2-7-16-31)29-40(48-46)32-17-8-3-9-18-32/h1-29H. The van der Waals surface area contributed by atoms with Crippen molar-refractivity contribution in [1.82, 2.24) is 14.5 Å². The second kappa shape index (κ2) is 11.4. The Morgan fingerprint density at radius 3 is 1.68 bits per heavy atom. The molecule has 3 heterocycles. The van der Waals surface area contributed by atoms with E-state index in [-0.39, 0.29) is 0 Å². The Morgan fingerprint density at radius 2 is 0.960 bits per heavy atom. The Balaban J connectivity index is 1.16. The van der Waals surface area contributed by atoms with Crippen molar-refractivity contribution in [2.45, 2.75) is 0 Å². The molecule has 4 nitrogen and oxygen atoms in total. The van der Waals surface area contributed by atoms with Crippen LogP contribution in [0.2, 0.25) is 0 Å². The minimum absolute atomic E-state index is 0.675. The fourth-order valence-electron chi connectivity index (χ4n) is 7.23. The maximum absolute atomic E-state index is 6.71. The van der Waals surface area contributed by atoms with Crippen LogP contribution >= 0.6 is 0 Å². The molecule has 50 heavy (non-hydrogen) atoms. The van der Waals surface area contributed by atoms with Gasteiger partial charge in [0, 0.05) is 38.2 Å². The smallest absolute Gasteiger partial charge is 0.160 e. The number of para-hydroxylation sites is 2. The average molecular weight is 640 g/mol. The number of nitrogens with zero attached hydrogens (tertiary/aromatic N) is 3. The zero-order valence-corrected chi connectivity index (χ0v) is 27.0. The summed E-state index contributed by atoms with van der Waals surface area (Å²) in [5.74, 6) is 0.675. The predicted molar refractivity (Wildman–Crippen MR) is 205 cm³/mol. The van der Waals surface area contributed by atoms with Crippen molar-refractivity contribution in [3.63, 3.8) is 0 Å². The summed E-state index contributed by atoms with van der Waals surface area (Å²) in [6.45, 7) is 0. The van der Waals surface area contributed by atoms with Crippen molar-refractivity contribution < 1.29 is 4.42 Å². The highest BCUT2D eigenvalue weighted by Crippen LogP contribution is 2.40. The Hall–Kier alpha value is -6.78. The summed E-state index contributed by atoms with van der Waals surface area (Å²) in [5.41, 5.74) is 12.2. The molecule has 3 aromatic heterocycles. The molecule has 234 valence electrons. The van der Waals surface area contributed by atoms with Crippen LogP contribution in [0.15, 0.2) is 180 Å². The molecule has 0 spiro atoms. The van der Waals surface area contributed by atoms with Gasteiger partial charge in [-0.15, -0.1) is 0 Å². The van der Waals surface area contributed by atoms with Crippen molar-refractivity contribution in [3.8, 4) is 50.7 Å². The van der Waals surface area contributed by atoms with Crippen LogP contribution in [-0.4, -0.2) is 14.5 Å². The molecule has 0 aliphatic carbocycles. The van der Waals surface area contributed by atoms with Crippen molar-refractivity contribution in [1.29, 1.82) is 0 Å². The maximum atomic E-state index is 6.71. The molecule has 0 fully saturated rings. The number of hydrogen-bond acceptors (Lipinski definition) is 3. The first-order valence-corrected chi connectivity index (χ1v) is 16.8. The molecule has 0 atom stereocenters. The molecule has 0 N–H and O–H groups in total. The molecule has 10 rings (SSSR count). The van der Waals surface area contributed by atoms with E-state index in [0.29, 0.717) is 5.82 Å². The Bertz CT molecular complexity index is 2800. The molecule has 0 bridgehead atoms. The zero-order valence-electron chi connectivity index (χ0n) is 27.0. The number of furan rings is 1. The molecule has 0 aliphatic rings. The van der Waals surface area contributed by atoms with E-state index in [1.54, 1.807) is 0 Å². The predicted octanol–water partition coefficient (Wildman–Crippen LogP) is 12.1. The average Bonchev–Trinajstić information content (AvgIpc) is 3.74. The first-order chi connectivity index (χ1) is 24.8. The number of hydrogen-bond donors (Lipinski definition) is 0. The van der Waals surface area contributed by atoms with Gasteiger partial charge in [-0.2, -0.15) is 0 Å². The van der Waals surface area contributed by atoms with Crippen LogP contribution in [0.5, 0.6) is 0 Å². The van der Waals surface area contributed by atoms with Gasteiger partial charge in [-0.3, -0.25) is 0 Å². The number of fused-ring (bicyclic) bond motifs is 6. The molecule has 0 unspecified atom stereocenters. The van der Waals surface area contributed by atoms with Crippen LogP contribution in [0, 0.1) is 0 Å². The SMILES string of the molecule is c1ccc(-c2ccc3c(c2)c2ccccc2n3-c2cccc3c2oc2ccc(-c4nc(-c5ccccc5)cc(-c5ccccc5)n4)cc23)cc1. The normalized spacial score (nSPS) is 11.6. The minimum atomic E-state index is 0.675. The van der Waals surface area contributed by atoms with Gasteiger partial charge in [0.15, 0.2) is 11.4 Å². The van der Waals surface area contributed by atoms with E-state index in [0.717, 1.165) is 66.7 Å². The summed E-state index contributed by atoms with van der Waals surface area (Å²) >= 11 is 0. The zero-order chi connectivity index (χ0) is 33.0. The van der Waals surface area contributed by atoms with Crippen LogP contribution in [0.3, 0.4) is 0 Å². The van der Waals surface area contributed by atoms with Crippen molar-refractivity contribution in [3.05, 3.63) is 176 Å². The van der Waals surface area contributed by atoms with Gasteiger partial charge in [-0.25, -0.2) is 9.97 Å². The molecular weight excluding hydrogens is 611 g/mol. The Labute approximate surface area is 288 Å². The topological polar surface area (TPSA) is 43.9 Å². The lowest BCUT2D eigenvalue weighted by atomic mass is 10.0. The molecular formula is C46H29N3O. The first kappa shape index (κ1) is 28.3. The summed E-state index contributed by atoms with van der Waals surface area (Å²) < 4.78 is 9.05. The van der Waals surface area contributed by atoms with Gasteiger partial charge in [0.1, 0.15) is 5.58 Å². The molecule has 10 aromatic rings. The van der Waals surface area contributed by atoms with Gasteiger partial charge < -0.3 is 8.98 Å². The van der Waals surface area contributed by atoms with Crippen LogP contribution in [0.4, 0.5) is 0 Å². The summed E-state index contributed by atoms with van der Waals surface area (Å²) in [6.07, 6.45) is 0. The lowest BCUT2D eigenvalue weighted by molar-refractivity contribution is 0.666. The number of benzene rings is 7. The quantitative estimate of drug-likeness (QED) is 0.188. The highest BCUT2D eigenvalue weighted by Gasteiger charge is 2.19. The second-order valence-corrected chi connectivity index (χ2v) is 12.6. The van der Waals surface area contributed by atoms with Crippen LogP contribution in [0.1, 0.15) is 0 Å². The molecule has 0 saturated heterocycles. The van der Waals surface area contributed by atoms with Crippen LogP contribution < -0.4 is 0 Å². The third-order valence-electron chi connectivity index (χ3n) is 9.62. The highest BCUT2D eigenvalue weighted by atomic mass is 16.3. The van der Waals surface area contributed by atoms with Crippen LogP contribution in [0.25, 0.3) is 94.5 Å². The van der Waals surface area contributed by atoms with Gasteiger partial charge in [0.2, 0.25) is 0 Å². The largest absolute Gasteiger partial charge is 0.454 e. The molecule has 7 aromatic carbocycles. The number of rotatable bonds is 5. The van der Waals surface area contributed by atoms with E-state index in [1.807, 2.05) is 42.5 Å². The van der Waals surface area contributed by atoms with Gasteiger partial charge in [-0.1, -0.05) is 127 Å². The first-order valence-electron chi connectivity index (χ1n) is 16.8. The molecule has 0 saturated carbocycles. The van der Waals surface area contributed by atoms with Gasteiger partial charge >= 0.3 is 0 Å². The minimum Gasteiger partial charge on any atom is -0.454 e. The van der Waals surface area contributed by atoms with Gasteiger partial charge in [-0.05, 0) is 59.7 Å². The third-order valence-corrected chi connectivity index (χ3v) is 9.62. The summed E-state index contributed by atoms with van der Waals surface area (Å²) in [4.78, 5) is 10.2. The fraction of sp³-hybridized carbons (Fsp3) is 0. The third kappa shape index (κ3) is 4.61. The fourth-order valence-corrected chi connectivity index (χ4v) is 7.23. The van der Waals surface area contributed by atoms with Gasteiger partial charge in [0.25, 0.3) is 0 Å². The monoisotopic (exact) mass is 639 g/mol. The van der Waals surface area contributed by atoms with Gasteiger partial charge in [0.05, 0.1) is 28.1 Å². The number of aromatic nitrogens is 3. The van der Waals surface area contributed by atoms with Crippen molar-refractivity contribution in [2.75, 3.05) is 0 Å². The maximum Gasteiger partial charge on any atom is 0.160 e. The highest BCUT2D eigenvalue weighted by molar-refractivity contribution is 6.13. The lowest BCUT2D eigenvalue weighted by Gasteiger charge is -2.09. The van der Waals surface area contributed by atoms with E-state index in [1.165, 1.54) is 21.9 Å². The summed E-state index contributed by atoms with van der Waals surface area (Å²) in [6, 6.07) is 61.3. The second-order valence-electron chi connectivity index (χ2n) is 12.6. The molecule has 0 aliphatic heterocycles. The van der Waals surface area contributed by atoms with Crippen molar-refractivity contribution >= 4 is 43.7 Å². The Kier molecular flexibility index (Phi) is 6.46. The van der Waals surface area contributed by atoms with Crippen molar-refractivity contribution in [2.24, 2.45) is 0 Å². The molecule has 0 amide bonds. The lowest BCUT2D eigenvalue weighted by Crippen LogP contribution is -1.95. The molecule has 0 radical (unpaired) electrons. The van der Waals surface area contributed by atoms with E-state index in [4.69, 9.17) is 14.4 Å². The van der Waals surface area contributed by atoms with Crippen LogP contribution in [-0.2, 0) is 0 Å². The summed E-state index contributed by atoms with van der Waals surface area (Å²) in [7, 11) is 0. The molecule has 4 heteroatoms. The summed E-state index contributed by atoms with van der Waals surface area (Å²) in [5, 5.41) is 4.50. The van der Waals surface area contributed by atoms with E-state index in [2.05, 4.69) is 138 Å².